The molecule has 0 bridgehead atoms. The fourth-order valence-electron chi connectivity index (χ4n) is 5.91. The van der Waals surface area contributed by atoms with Gasteiger partial charge in [-0.3, -0.25) is 9.59 Å². The zero-order valence-electron chi connectivity index (χ0n) is 30.9. The average molecular weight is 656 g/mol. The minimum atomic E-state index is -0.368. The Morgan fingerprint density at radius 2 is 0.915 bits per heavy atom. The van der Waals surface area contributed by atoms with Gasteiger partial charge in [-0.05, 0) is 84.1 Å². The number of allylic oxidation sites excluding steroid dienone is 8. The number of piperidine rings is 1. The molecule has 0 aliphatic carbocycles. The van der Waals surface area contributed by atoms with Crippen LogP contribution in [-0.2, 0) is 19.1 Å². The van der Waals surface area contributed by atoms with E-state index in [0.29, 0.717) is 25.8 Å². The first-order valence-corrected chi connectivity index (χ1v) is 19.7. The van der Waals surface area contributed by atoms with Gasteiger partial charge < -0.3 is 14.4 Å². The smallest absolute Gasteiger partial charge is 0.306 e. The standard InChI is InChI=1S/C42H73NO4/c1-4-6-8-10-12-14-16-18-20-22-24-26-28-30-32-34-41(44)46-39-36-37-43(3)38-40(39)47-42(45)35-33-31-29-27-25-23-21-19-17-15-13-11-9-7-5-2/h12-15,18-21,39-40H,4-11,16-17,22-38H2,1-3H3. The molecule has 1 saturated heterocycles. The second kappa shape index (κ2) is 32.4. The molecule has 5 nitrogen and oxygen atoms in total. The molecule has 0 aromatic rings. The van der Waals surface area contributed by atoms with E-state index < -0.39 is 0 Å². The largest absolute Gasteiger partial charge is 0.458 e. The minimum Gasteiger partial charge on any atom is -0.458 e. The third kappa shape index (κ3) is 27.5. The lowest BCUT2D eigenvalue weighted by atomic mass is 10.0. The molecule has 2 atom stereocenters. The first kappa shape index (κ1) is 42.9. The van der Waals surface area contributed by atoms with Crippen LogP contribution in [0, 0.1) is 0 Å². The Balaban J connectivity index is 2.09. The van der Waals surface area contributed by atoms with Crippen LogP contribution < -0.4 is 0 Å². The van der Waals surface area contributed by atoms with E-state index >= 15 is 0 Å². The lowest BCUT2D eigenvalue weighted by molar-refractivity contribution is -0.174. The summed E-state index contributed by atoms with van der Waals surface area (Å²) in [7, 11) is 2.03. The molecule has 0 aromatic heterocycles. The molecule has 0 aromatic carbocycles. The highest BCUT2D eigenvalue weighted by atomic mass is 16.6. The number of carbonyl (C=O) groups excluding carboxylic acids is 2. The van der Waals surface area contributed by atoms with Crippen molar-refractivity contribution in [2.24, 2.45) is 0 Å². The molecular weight excluding hydrogens is 582 g/mol. The van der Waals surface area contributed by atoms with Crippen molar-refractivity contribution < 1.29 is 19.1 Å². The van der Waals surface area contributed by atoms with Crippen LogP contribution in [0.5, 0.6) is 0 Å². The Morgan fingerprint density at radius 1 is 0.532 bits per heavy atom. The van der Waals surface area contributed by atoms with Gasteiger partial charge in [-0.1, -0.05) is 127 Å². The van der Waals surface area contributed by atoms with E-state index in [-0.39, 0.29) is 24.1 Å². The average Bonchev–Trinajstić information content (AvgIpc) is 3.06. The maximum absolute atomic E-state index is 12.6. The number of carbonyl (C=O) groups is 2. The lowest BCUT2D eigenvalue weighted by Gasteiger charge is -2.35. The lowest BCUT2D eigenvalue weighted by Crippen LogP contribution is -2.49. The molecule has 270 valence electrons. The van der Waals surface area contributed by atoms with E-state index in [4.69, 9.17) is 9.47 Å². The fourth-order valence-corrected chi connectivity index (χ4v) is 5.91. The van der Waals surface area contributed by atoms with Crippen molar-refractivity contribution in [2.45, 2.75) is 187 Å². The molecule has 1 rings (SSSR count). The molecule has 0 radical (unpaired) electrons. The zero-order chi connectivity index (χ0) is 34.0. The van der Waals surface area contributed by atoms with Gasteiger partial charge in [-0.25, -0.2) is 0 Å². The maximum atomic E-state index is 12.6. The van der Waals surface area contributed by atoms with E-state index in [2.05, 4.69) is 67.4 Å². The SMILES string of the molecule is CCCCCC=CCC=CCCCCCCCC(=O)OC1CCN(C)CC1OC(=O)CCCCCCCC=CCC=CCCCCC. The van der Waals surface area contributed by atoms with Crippen molar-refractivity contribution in [3.05, 3.63) is 48.6 Å². The molecule has 1 fully saturated rings. The second-order valence-electron chi connectivity index (χ2n) is 13.6. The quantitative estimate of drug-likeness (QED) is 0.0438. The van der Waals surface area contributed by atoms with Crippen LogP contribution >= 0.6 is 0 Å². The number of likely N-dealkylation sites (tertiary alicyclic amines) is 1. The summed E-state index contributed by atoms with van der Waals surface area (Å²) < 4.78 is 11.7. The Kier molecular flexibility index (Phi) is 29.6. The third-order valence-electron chi connectivity index (χ3n) is 8.93. The summed E-state index contributed by atoms with van der Waals surface area (Å²) >= 11 is 0. The predicted molar refractivity (Wildman–Crippen MR) is 201 cm³/mol. The number of hydrogen-bond donors (Lipinski definition) is 0. The molecule has 1 aliphatic heterocycles. The van der Waals surface area contributed by atoms with Crippen LogP contribution in [0.4, 0.5) is 0 Å². The van der Waals surface area contributed by atoms with Crippen molar-refractivity contribution in [2.75, 3.05) is 20.1 Å². The predicted octanol–water partition coefficient (Wildman–Crippen LogP) is 11.8. The summed E-state index contributed by atoms with van der Waals surface area (Å²) in [5.41, 5.74) is 0. The van der Waals surface area contributed by atoms with Crippen LogP contribution in [0.1, 0.15) is 174 Å². The monoisotopic (exact) mass is 656 g/mol. The number of nitrogens with zero attached hydrogens (tertiary/aromatic N) is 1. The highest BCUT2D eigenvalue weighted by Crippen LogP contribution is 2.19. The first-order valence-electron chi connectivity index (χ1n) is 19.7. The normalized spacial score (nSPS) is 17.5. The van der Waals surface area contributed by atoms with Gasteiger partial charge in [0.15, 0.2) is 6.10 Å². The Hall–Kier alpha value is -2.14. The Labute approximate surface area is 290 Å². The number of unbranched alkanes of at least 4 members (excludes halogenated alkanes) is 16. The molecular formula is C42H73NO4. The minimum absolute atomic E-state index is 0.153. The molecule has 0 amide bonds. The summed E-state index contributed by atoms with van der Waals surface area (Å²) in [4.78, 5) is 27.4. The van der Waals surface area contributed by atoms with Gasteiger partial charge in [0.25, 0.3) is 0 Å². The van der Waals surface area contributed by atoms with E-state index in [1.54, 1.807) is 0 Å². The van der Waals surface area contributed by atoms with Crippen LogP contribution in [0.3, 0.4) is 0 Å². The molecule has 2 unspecified atom stereocenters. The van der Waals surface area contributed by atoms with E-state index in [1.807, 2.05) is 7.05 Å². The molecule has 1 heterocycles. The second-order valence-corrected chi connectivity index (χ2v) is 13.6. The van der Waals surface area contributed by atoms with Gasteiger partial charge >= 0.3 is 11.9 Å². The number of likely N-dealkylation sites (N-methyl/N-ethyl adjacent to an activating group) is 1. The maximum Gasteiger partial charge on any atom is 0.306 e. The van der Waals surface area contributed by atoms with Crippen molar-refractivity contribution >= 4 is 11.9 Å². The zero-order valence-corrected chi connectivity index (χ0v) is 30.9. The molecule has 0 spiro atoms. The summed E-state index contributed by atoms with van der Waals surface area (Å²) in [6.07, 6.45) is 44.8. The van der Waals surface area contributed by atoms with Crippen molar-refractivity contribution in [1.82, 2.24) is 4.90 Å². The third-order valence-corrected chi connectivity index (χ3v) is 8.93. The number of rotatable bonds is 30. The first-order chi connectivity index (χ1) is 23.1. The van der Waals surface area contributed by atoms with Gasteiger partial charge in [-0.2, -0.15) is 0 Å². The van der Waals surface area contributed by atoms with Crippen LogP contribution in [0.15, 0.2) is 48.6 Å². The number of esters is 2. The summed E-state index contributed by atoms with van der Waals surface area (Å²) in [6, 6.07) is 0. The van der Waals surface area contributed by atoms with Gasteiger partial charge in [0, 0.05) is 32.4 Å². The van der Waals surface area contributed by atoms with E-state index in [9.17, 15) is 9.59 Å². The van der Waals surface area contributed by atoms with Crippen molar-refractivity contribution in [3.8, 4) is 0 Å². The van der Waals surface area contributed by atoms with Gasteiger partial charge in [-0.15, -0.1) is 0 Å². The molecule has 1 aliphatic rings. The highest BCUT2D eigenvalue weighted by Gasteiger charge is 2.33. The molecule has 0 N–H and O–H groups in total. The van der Waals surface area contributed by atoms with Gasteiger partial charge in [0.05, 0.1) is 0 Å². The summed E-state index contributed by atoms with van der Waals surface area (Å²) in [5, 5.41) is 0. The summed E-state index contributed by atoms with van der Waals surface area (Å²) in [5.74, 6) is -0.314. The fraction of sp³-hybridized carbons (Fsp3) is 0.762. The van der Waals surface area contributed by atoms with E-state index in [1.165, 1.54) is 77.0 Å². The number of hydrogen-bond acceptors (Lipinski definition) is 5. The molecule has 0 saturated carbocycles. The Morgan fingerprint density at radius 3 is 1.36 bits per heavy atom. The number of ether oxygens (including phenoxy) is 2. The van der Waals surface area contributed by atoms with Crippen LogP contribution in [-0.4, -0.2) is 49.2 Å². The topological polar surface area (TPSA) is 55.8 Å². The summed E-state index contributed by atoms with van der Waals surface area (Å²) in [6.45, 7) is 5.96. The van der Waals surface area contributed by atoms with Crippen molar-refractivity contribution in [1.29, 1.82) is 0 Å². The van der Waals surface area contributed by atoms with Gasteiger partial charge in [0.2, 0.25) is 0 Å². The van der Waals surface area contributed by atoms with Crippen molar-refractivity contribution in [3.63, 3.8) is 0 Å². The van der Waals surface area contributed by atoms with E-state index in [0.717, 1.165) is 70.8 Å². The van der Waals surface area contributed by atoms with Crippen LogP contribution in [0.2, 0.25) is 0 Å². The van der Waals surface area contributed by atoms with Gasteiger partial charge in [0.1, 0.15) is 6.10 Å². The molecule has 47 heavy (non-hydrogen) atoms. The molecule has 5 heteroatoms. The Bertz CT molecular complexity index is 861. The van der Waals surface area contributed by atoms with Crippen LogP contribution in [0.25, 0.3) is 0 Å². The highest BCUT2D eigenvalue weighted by molar-refractivity contribution is 5.70.